The van der Waals surface area contributed by atoms with Crippen molar-refractivity contribution in [3.05, 3.63) is 11.9 Å². The molecule has 1 aromatic rings. The largest absolute Gasteiger partial charge is 0.314 e. The second kappa shape index (κ2) is 6.84. The minimum Gasteiger partial charge on any atom is -0.314 e. The van der Waals surface area contributed by atoms with Crippen LogP contribution in [0.15, 0.2) is 11.1 Å². The highest BCUT2D eigenvalue weighted by Gasteiger charge is 2.36. The van der Waals surface area contributed by atoms with Crippen LogP contribution in [0.5, 0.6) is 0 Å². The van der Waals surface area contributed by atoms with Gasteiger partial charge in [-0.25, -0.2) is 8.42 Å². The zero-order chi connectivity index (χ0) is 15.0. The lowest BCUT2D eigenvalue weighted by Gasteiger charge is -2.32. The van der Waals surface area contributed by atoms with Crippen molar-refractivity contribution in [2.45, 2.75) is 24.3 Å². The lowest BCUT2D eigenvalue weighted by atomic mass is 10.2. The Balaban J connectivity index is 0.00000176. The molecule has 2 aliphatic rings. The second-order valence-corrected chi connectivity index (χ2v) is 7.72. The van der Waals surface area contributed by atoms with Gasteiger partial charge < -0.3 is 5.32 Å². The third-order valence-corrected chi connectivity index (χ3v) is 6.57. The third-order valence-electron chi connectivity index (χ3n) is 4.60. The minimum atomic E-state index is -3.41. The Labute approximate surface area is 138 Å². The molecule has 22 heavy (non-hydrogen) atoms. The molecule has 1 N–H and O–H groups in total. The highest BCUT2D eigenvalue weighted by Crippen LogP contribution is 2.25. The van der Waals surface area contributed by atoms with Gasteiger partial charge in [0.1, 0.15) is 4.90 Å². The predicted octanol–water partition coefficient (Wildman–Crippen LogP) is -0.181. The molecule has 0 aromatic carbocycles. The highest BCUT2D eigenvalue weighted by atomic mass is 35.5. The van der Waals surface area contributed by atoms with Crippen LogP contribution in [-0.4, -0.2) is 72.7 Å². The molecular formula is C13H24ClN5O2S. The van der Waals surface area contributed by atoms with E-state index in [0.29, 0.717) is 29.7 Å². The minimum absolute atomic E-state index is 0. The fraction of sp³-hybridized carbons (Fsp3) is 0.769. The van der Waals surface area contributed by atoms with E-state index in [1.165, 1.54) is 6.20 Å². The Morgan fingerprint density at radius 2 is 1.95 bits per heavy atom. The normalized spacial score (nSPS) is 24.4. The van der Waals surface area contributed by atoms with Crippen molar-refractivity contribution in [1.29, 1.82) is 0 Å². The Bertz CT molecular complexity index is 612. The van der Waals surface area contributed by atoms with Gasteiger partial charge in [0.2, 0.25) is 10.0 Å². The van der Waals surface area contributed by atoms with Crippen molar-refractivity contribution in [2.24, 2.45) is 7.05 Å². The van der Waals surface area contributed by atoms with Crippen LogP contribution in [0.4, 0.5) is 0 Å². The number of piperazine rings is 1. The zero-order valence-electron chi connectivity index (χ0n) is 13.0. The molecular weight excluding hydrogens is 326 g/mol. The monoisotopic (exact) mass is 349 g/mol. The number of hydrogen-bond acceptors (Lipinski definition) is 5. The van der Waals surface area contributed by atoms with Crippen LogP contribution in [0.1, 0.15) is 12.1 Å². The van der Waals surface area contributed by atoms with Crippen molar-refractivity contribution in [2.75, 3.05) is 39.3 Å². The van der Waals surface area contributed by atoms with Crippen molar-refractivity contribution in [3.63, 3.8) is 0 Å². The van der Waals surface area contributed by atoms with E-state index in [9.17, 15) is 8.42 Å². The van der Waals surface area contributed by atoms with Gasteiger partial charge in [-0.15, -0.1) is 12.4 Å². The molecule has 126 valence electrons. The number of aryl methyl sites for hydroxylation is 1. The molecule has 0 saturated carbocycles. The fourth-order valence-corrected chi connectivity index (χ4v) is 4.82. The van der Waals surface area contributed by atoms with Crippen molar-refractivity contribution in [1.82, 2.24) is 24.3 Å². The Morgan fingerprint density at radius 1 is 1.27 bits per heavy atom. The molecule has 1 atom stereocenters. The molecule has 3 rings (SSSR count). The third kappa shape index (κ3) is 3.16. The molecule has 0 spiro atoms. The van der Waals surface area contributed by atoms with Crippen molar-refractivity contribution in [3.8, 4) is 0 Å². The molecule has 0 bridgehead atoms. The predicted molar refractivity (Wildman–Crippen MR) is 86.8 cm³/mol. The van der Waals surface area contributed by atoms with Gasteiger partial charge in [0.05, 0.1) is 11.9 Å². The summed E-state index contributed by atoms with van der Waals surface area (Å²) in [4.78, 5) is 2.74. The first-order chi connectivity index (χ1) is 10.00. The molecule has 0 amide bonds. The van der Waals surface area contributed by atoms with Crippen LogP contribution in [0.25, 0.3) is 0 Å². The lowest BCUT2D eigenvalue weighted by molar-refractivity contribution is 0.179. The fourth-order valence-electron chi connectivity index (χ4n) is 3.15. The summed E-state index contributed by atoms with van der Waals surface area (Å²) in [6.45, 7) is 6.98. The number of sulfonamides is 1. The Kier molecular flexibility index (Phi) is 5.50. The lowest BCUT2D eigenvalue weighted by Crippen LogP contribution is -2.49. The summed E-state index contributed by atoms with van der Waals surface area (Å²) in [7, 11) is -1.65. The summed E-state index contributed by atoms with van der Waals surface area (Å²) >= 11 is 0. The molecule has 1 unspecified atom stereocenters. The van der Waals surface area contributed by atoms with Gasteiger partial charge in [0.25, 0.3) is 0 Å². The van der Waals surface area contributed by atoms with Crippen LogP contribution >= 0.6 is 12.4 Å². The summed E-state index contributed by atoms with van der Waals surface area (Å²) in [6, 6.07) is 0.346. The molecule has 2 aliphatic heterocycles. The Hall–Kier alpha value is -0.670. The maximum absolute atomic E-state index is 12.7. The van der Waals surface area contributed by atoms with Gasteiger partial charge in [0.15, 0.2) is 0 Å². The first kappa shape index (κ1) is 17.7. The number of rotatable bonds is 3. The van der Waals surface area contributed by atoms with Crippen LogP contribution in [0.2, 0.25) is 0 Å². The van der Waals surface area contributed by atoms with E-state index >= 15 is 0 Å². The number of hydrogen-bond donors (Lipinski definition) is 1. The van der Waals surface area contributed by atoms with Gasteiger partial charge in [-0.3, -0.25) is 9.58 Å². The number of nitrogens with zero attached hydrogens (tertiary/aromatic N) is 4. The number of halogens is 1. The van der Waals surface area contributed by atoms with Crippen LogP contribution in [0.3, 0.4) is 0 Å². The SMILES string of the molecule is Cc1c(S(=O)(=O)N2CCC(N3CCNCC3)C2)cnn1C.Cl. The van der Waals surface area contributed by atoms with Crippen LogP contribution < -0.4 is 5.32 Å². The van der Waals surface area contributed by atoms with Crippen LogP contribution in [0, 0.1) is 6.92 Å². The molecule has 3 heterocycles. The summed E-state index contributed by atoms with van der Waals surface area (Å²) in [5.74, 6) is 0. The molecule has 2 fully saturated rings. The molecule has 9 heteroatoms. The molecule has 2 saturated heterocycles. The topological polar surface area (TPSA) is 70.5 Å². The molecule has 7 nitrogen and oxygen atoms in total. The first-order valence-corrected chi connectivity index (χ1v) is 8.87. The quantitative estimate of drug-likeness (QED) is 0.819. The average molecular weight is 350 g/mol. The van der Waals surface area contributed by atoms with E-state index in [4.69, 9.17) is 0 Å². The highest BCUT2D eigenvalue weighted by molar-refractivity contribution is 7.89. The van der Waals surface area contributed by atoms with Crippen molar-refractivity contribution < 1.29 is 8.42 Å². The average Bonchev–Trinajstić information content (AvgIpc) is 3.09. The van der Waals surface area contributed by atoms with Gasteiger partial charge in [-0.1, -0.05) is 0 Å². The summed E-state index contributed by atoms with van der Waals surface area (Å²) < 4.78 is 28.7. The molecule has 1 aromatic heterocycles. The maximum Gasteiger partial charge on any atom is 0.246 e. The first-order valence-electron chi connectivity index (χ1n) is 7.43. The number of nitrogens with one attached hydrogen (secondary N) is 1. The second-order valence-electron chi connectivity index (χ2n) is 5.81. The smallest absolute Gasteiger partial charge is 0.246 e. The van der Waals surface area contributed by atoms with E-state index in [0.717, 1.165) is 32.6 Å². The van der Waals surface area contributed by atoms with Gasteiger partial charge in [0, 0.05) is 52.4 Å². The van der Waals surface area contributed by atoms with Gasteiger partial charge in [-0.05, 0) is 13.3 Å². The summed E-state index contributed by atoms with van der Waals surface area (Å²) in [5, 5.41) is 7.39. The van der Waals surface area contributed by atoms with Gasteiger partial charge >= 0.3 is 0 Å². The van der Waals surface area contributed by atoms with Gasteiger partial charge in [-0.2, -0.15) is 9.40 Å². The van der Waals surface area contributed by atoms with E-state index in [1.54, 1.807) is 23.0 Å². The van der Waals surface area contributed by atoms with E-state index in [1.807, 2.05) is 0 Å². The Morgan fingerprint density at radius 3 is 2.55 bits per heavy atom. The summed E-state index contributed by atoms with van der Waals surface area (Å²) in [6.07, 6.45) is 2.38. The van der Waals surface area contributed by atoms with E-state index in [2.05, 4.69) is 15.3 Å². The van der Waals surface area contributed by atoms with Crippen molar-refractivity contribution >= 4 is 22.4 Å². The van der Waals surface area contributed by atoms with Crippen LogP contribution in [-0.2, 0) is 17.1 Å². The molecule has 0 aliphatic carbocycles. The van der Waals surface area contributed by atoms with E-state index < -0.39 is 10.0 Å². The maximum atomic E-state index is 12.7. The number of aromatic nitrogens is 2. The van der Waals surface area contributed by atoms with E-state index in [-0.39, 0.29) is 12.4 Å². The zero-order valence-corrected chi connectivity index (χ0v) is 14.7. The summed E-state index contributed by atoms with van der Waals surface area (Å²) in [5.41, 5.74) is 0.695. The molecule has 0 radical (unpaired) electrons. The standard InChI is InChI=1S/C13H23N5O2S.ClH/c1-11-13(9-15-16(11)2)21(19,20)18-6-3-12(10-18)17-7-4-14-5-8-17;/h9,12,14H,3-8,10H2,1-2H3;1H.